The van der Waals surface area contributed by atoms with E-state index in [1.54, 1.807) is 0 Å². The maximum absolute atomic E-state index is 13.6. The molecule has 0 aliphatic rings. The van der Waals surface area contributed by atoms with Gasteiger partial charge >= 0.3 is 0 Å². The molecule has 0 saturated heterocycles. The second kappa shape index (κ2) is 23.1. The quantitative estimate of drug-likeness (QED) is 0.0795. The van der Waals surface area contributed by atoms with Crippen molar-refractivity contribution in [3.63, 3.8) is 0 Å². The molecule has 8 heteroatoms. The summed E-state index contributed by atoms with van der Waals surface area (Å²) in [5, 5.41) is 0. The highest BCUT2D eigenvalue weighted by Crippen LogP contribution is 2.23. The number of hydrogen-bond donors (Lipinski definition) is 0. The van der Waals surface area contributed by atoms with Crippen molar-refractivity contribution >= 4 is 17.7 Å². The lowest BCUT2D eigenvalue weighted by Crippen LogP contribution is -2.46. The Kier molecular flexibility index (Phi) is 21.0. The summed E-state index contributed by atoms with van der Waals surface area (Å²) in [4.78, 5) is 46.3. The first-order chi connectivity index (χ1) is 22.5. The van der Waals surface area contributed by atoms with E-state index >= 15 is 0 Å². The van der Waals surface area contributed by atoms with E-state index in [9.17, 15) is 14.4 Å². The number of carbonyl (C=O) groups is 3. The molecule has 1 rings (SSSR count). The zero-order chi connectivity index (χ0) is 36.4. The van der Waals surface area contributed by atoms with Gasteiger partial charge in [-0.1, -0.05) is 95.9 Å². The second-order valence-corrected chi connectivity index (χ2v) is 17.1. The van der Waals surface area contributed by atoms with E-state index in [1.165, 1.54) is 0 Å². The number of imidazole rings is 1. The van der Waals surface area contributed by atoms with Gasteiger partial charge in [-0.05, 0) is 60.7 Å². The lowest BCUT2D eigenvalue weighted by molar-refractivity contribution is -0.684. The number of carbonyl (C=O) groups excluding carboxylic acids is 3. The first-order valence-corrected chi connectivity index (χ1v) is 19.3. The number of rotatable bonds is 25. The molecular weight excluding hydrogens is 598 g/mol. The zero-order valence-corrected chi connectivity index (χ0v) is 33.3. The molecule has 0 atom stereocenters. The molecule has 8 nitrogen and oxygen atoms in total. The molecule has 48 heavy (non-hydrogen) atoms. The fourth-order valence-electron chi connectivity index (χ4n) is 6.51. The fourth-order valence-corrected chi connectivity index (χ4v) is 6.51. The lowest BCUT2D eigenvalue weighted by Gasteiger charge is -2.30. The standard InChI is InChI=1S/C40H76N5O3/c1-31(2)23-43(24-32(3)4)38(46)21-37(22-39(47)44(25-33(5)6)26-34(7)8)17-15-13-14-16-18-41-19-20-42(30-41)29-40(48)45(27-35(9)10)28-36(11)12/h19-20,30-37H,13-18,21-29H2,1-12H3/q+1. The fraction of sp³-hybridized carbons (Fsp3) is 0.850. The number of aryl methyl sites for hydroxylation is 1. The molecule has 0 aromatic carbocycles. The van der Waals surface area contributed by atoms with Crippen LogP contribution in [0.4, 0.5) is 0 Å². The predicted octanol–water partition coefficient (Wildman–Crippen LogP) is 7.54. The number of hydrogen-bond acceptors (Lipinski definition) is 3. The van der Waals surface area contributed by atoms with Gasteiger partial charge < -0.3 is 14.7 Å². The minimum Gasteiger partial charge on any atom is -0.342 e. The van der Waals surface area contributed by atoms with Crippen molar-refractivity contribution in [3.05, 3.63) is 18.7 Å². The number of nitrogens with zero attached hydrogens (tertiary/aromatic N) is 5. The molecule has 0 spiro atoms. The van der Waals surface area contributed by atoms with Crippen molar-refractivity contribution in [1.82, 2.24) is 19.3 Å². The van der Waals surface area contributed by atoms with Crippen LogP contribution in [-0.2, 0) is 27.5 Å². The number of amides is 3. The molecule has 1 aromatic heterocycles. The second-order valence-electron chi connectivity index (χ2n) is 17.1. The largest absolute Gasteiger partial charge is 0.342 e. The van der Waals surface area contributed by atoms with Crippen molar-refractivity contribution in [2.24, 2.45) is 41.4 Å². The average molecular weight is 675 g/mol. The Morgan fingerprint density at radius 1 is 0.542 bits per heavy atom. The first-order valence-electron chi connectivity index (χ1n) is 19.3. The van der Waals surface area contributed by atoms with E-state index in [0.29, 0.717) is 54.9 Å². The lowest BCUT2D eigenvalue weighted by atomic mass is 9.92. The summed E-state index contributed by atoms with van der Waals surface area (Å²) >= 11 is 0. The third-order valence-electron chi connectivity index (χ3n) is 8.34. The third kappa shape index (κ3) is 19.6. The van der Waals surface area contributed by atoms with Gasteiger partial charge in [0.05, 0.1) is 6.54 Å². The highest BCUT2D eigenvalue weighted by molar-refractivity contribution is 5.79. The molecule has 0 bridgehead atoms. The monoisotopic (exact) mass is 675 g/mol. The van der Waals surface area contributed by atoms with E-state index in [1.807, 2.05) is 31.8 Å². The van der Waals surface area contributed by atoms with Gasteiger partial charge in [-0.25, -0.2) is 9.13 Å². The molecule has 1 aromatic rings. The summed E-state index contributed by atoms with van der Waals surface area (Å²) in [6, 6.07) is 0. The summed E-state index contributed by atoms with van der Waals surface area (Å²) in [5.41, 5.74) is 0. The number of unbranched alkanes of at least 4 members (excludes halogenated alkanes) is 3. The van der Waals surface area contributed by atoms with Gasteiger partial charge in [-0.15, -0.1) is 0 Å². The Bertz CT molecular complexity index is 977. The van der Waals surface area contributed by atoms with Crippen LogP contribution in [0.25, 0.3) is 0 Å². The Morgan fingerprint density at radius 3 is 1.31 bits per heavy atom. The van der Waals surface area contributed by atoms with Crippen LogP contribution in [0.5, 0.6) is 0 Å². The van der Waals surface area contributed by atoms with Crippen molar-refractivity contribution in [2.75, 3.05) is 39.3 Å². The summed E-state index contributed by atoms with van der Waals surface area (Å²) in [7, 11) is 0. The van der Waals surface area contributed by atoms with Crippen molar-refractivity contribution in [1.29, 1.82) is 0 Å². The minimum atomic E-state index is 0.0700. The van der Waals surface area contributed by atoms with E-state index < -0.39 is 0 Å². The van der Waals surface area contributed by atoms with Gasteiger partial charge in [0.1, 0.15) is 12.4 Å². The van der Waals surface area contributed by atoms with E-state index in [0.717, 1.165) is 77.9 Å². The van der Waals surface area contributed by atoms with Crippen molar-refractivity contribution in [2.45, 2.75) is 141 Å². The molecule has 3 amide bonds. The summed E-state index contributed by atoms with van der Waals surface area (Å²) in [6.07, 6.45) is 12.2. The van der Waals surface area contributed by atoms with Crippen LogP contribution in [0, 0.1) is 41.4 Å². The van der Waals surface area contributed by atoms with E-state index in [4.69, 9.17) is 0 Å². The minimum absolute atomic E-state index is 0.0700. The van der Waals surface area contributed by atoms with Crippen LogP contribution < -0.4 is 4.57 Å². The molecule has 0 N–H and O–H groups in total. The molecule has 278 valence electrons. The van der Waals surface area contributed by atoms with Gasteiger partial charge in [0.25, 0.3) is 5.91 Å². The van der Waals surface area contributed by atoms with Gasteiger partial charge in [-0.3, -0.25) is 14.4 Å². The predicted molar refractivity (Wildman–Crippen MR) is 199 cm³/mol. The van der Waals surface area contributed by atoms with Gasteiger partial charge in [0.15, 0.2) is 6.54 Å². The number of aromatic nitrogens is 2. The van der Waals surface area contributed by atoms with Crippen molar-refractivity contribution in [3.8, 4) is 0 Å². The maximum atomic E-state index is 13.6. The summed E-state index contributed by atoms with van der Waals surface area (Å²) in [6.45, 7) is 31.9. The van der Waals surface area contributed by atoms with Gasteiger partial charge in [-0.2, -0.15) is 0 Å². The molecule has 1 heterocycles. The zero-order valence-electron chi connectivity index (χ0n) is 33.3. The highest BCUT2D eigenvalue weighted by Gasteiger charge is 2.26. The Balaban J connectivity index is 2.77. The maximum Gasteiger partial charge on any atom is 0.264 e. The third-order valence-corrected chi connectivity index (χ3v) is 8.34. The van der Waals surface area contributed by atoms with Crippen LogP contribution in [0.3, 0.4) is 0 Å². The van der Waals surface area contributed by atoms with E-state index in [-0.39, 0.29) is 23.6 Å². The molecule has 0 aliphatic heterocycles. The van der Waals surface area contributed by atoms with Crippen LogP contribution in [0.15, 0.2) is 18.7 Å². The molecular formula is C40H76N5O3+. The van der Waals surface area contributed by atoms with Gasteiger partial charge in [0.2, 0.25) is 18.1 Å². The Hall–Kier alpha value is -2.38. The molecule has 0 radical (unpaired) electrons. The summed E-state index contributed by atoms with van der Waals surface area (Å²) < 4.78 is 4.18. The molecule has 0 fully saturated rings. The van der Waals surface area contributed by atoms with Crippen LogP contribution in [0.2, 0.25) is 0 Å². The Labute approximate surface area is 296 Å². The molecule has 0 aliphatic carbocycles. The van der Waals surface area contributed by atoms with Crippen LogP contribution >= 0.6 is 0 Å². The molecule has 0 saturated carbocycles. The highest BCUT2D eigenvalue weighted by atomic mass is 16.2. The first kappa shape index (κ1) is 43.6. The topological polar surface area (TPSA) is 69.7 Å². The average Bonchev–Trinajstić information content (AvgIpc) is 3.39. The van der Waals surface area contributed by atoms with Crippen LogP contribution in [-0.4, -0.2) is 76.3 Å². The van der Waals surface area contributed by atoms with E-state index in [2.05, 4.69) is 93.8 Å². The van der Waals surface area contributed by atoms with Crippen molar-refractivity contribution < 1.29 is 19.0 Å². The SMILES string of the molecule is CC(C)CN(CC(C)C)C(=O)CC(CCCCCCn1cc[n+](CC(=O)N(CC(C)C)CC(C)C)c1)CC(=O)N(CC(C)C)CC(C)C. The normalized spacial score (nSPS) is 12.1. The Morgan fingerprint density at radius 2 is 0.917 bits per heavy atom. The van der Waals surface area contributed by atoms with Gasteiger partial charge in [0, 0.05) is 52.1 Å². The smallest absolute Gasteiger partial charge is 0.264 e. The van der Waals surface area contributed by atoms with Crippen LogP contribution in [0.1, 0.15) is 128 Å². The molecule has 0 unspecified atom stereocenters. The summed E-state index contributed by atoms with van der Waals surface area (Å²) in [5.74, 6) is 3.22.